The van der Waals surface area contributed by atoms with Gasteiger partial charge in [-0.15, -0.1) is 0 Å². The van der Waals surface area contributed by atoms with Crippen LogP contribution >= 0.6 is 0 Å². The first-order valence-electron chi connectivity index (χ1n) is 5.67. The normalized spacial score (nSPS) is 29.7. The summed E-state index contributed by atoms with van der Waals surface area (Å²) in [5.41, 5.74) is 8.72. The molecule has 2 heterocycles. The quantitative estimate of drug-likeness (QED) is 0.429. The average molecular weight is 210 g/mol. The van der Waals surface area contributed by atoms with Gasteiger partial charge in [-0.2, -0.15) is 0 Å². The molecule has 1 unspecified atom stereocenters. The van der Waals surface area contributed by atoms with Crippen LogP contribution in [0.25, 0.3) is 10.4 Å². The lowest BCUT2D eigenvalue weighted by molar-refractivity contribution is -0.00263. The third-order valence-electron chi connectivity index (χ3n) is 3.71. The van der Waals surface area contributed by atoms with Crippen molar-refractivity contribution >= 4 is 0 Å². The van der Waals surface area contributed by atoms with Crippen LogP contribution in [-0.4, -0.2) is 32.3 Å². The lowest BCUT2D eigenvalue weighted by atomic mass is 9.73. The molecule has 2 aliphatic rings. The number of azide groups is 1. The fraction of sp³-hybridized carbons (Fsp3) is 1.00. The predicted molar refractivity (Wildman–Crippen MR) is 57.5 cm³/mol. The van der Waals surface area contributed by atoms with Crippen molar-refractivity contribution < 1.29 is 4.74 Å². The van der Waals surface area contributed by atoms with Crippen molar-refractivity contribution in [2.75, 3.05) is 26.3 Å². The molecule has 84 valence electrons. The van der Waals surface area contributed by atoms with Gasteiger partial charge in [-0.05, 0) is 36.6 Å². The molecule has 1 atom stereocenters. The zero-order chi connectivity index (χ0) is 10.6. The molecule has 5 nitrogen and oxygen atoms in total. The van der Waals surface area contributed by atoms with Crippen molar-refractivity contribution in [1.29, 1.82) is 0 Å². The summed E-state index contributed by atoms with van der Waals surface area (Å²) in [6.07, 6.45) is 4.72. The first kappa shape index (κ1) is 10.7. The Hall–Kier alpha value is -0.770. The molecule has 0 amide bonds. The molecule has 2 saturated heterocycles. The van der Waals surface area contributed by atoms with Gasteiger partial charge in [-0.1, -0.05) is 5.11 Å². The van der Waals surface area contributed by atoms with Crippen LogP contribution in [0.4, 0.5) is 0 Å². The van der Waals surface area contributed by atoms with Crippen LogP contribution in [0.15, 0.2) is 5.11 Å². The van der Waals surface area contributed by atoms with Crippen LogP contribution in [-0.2, 0) is 4.74 Å². The number of ether oxygens (including phenoxy) is 1. The highest BCUT2D eigenvalue weighted by molar-refractivity contribution is 4.91. The lowest BCUT2D eigenvalue weighted by Crippen LogP contribution is -2.49. The number of hydrogen-bond acceptors (Lipinski definition) is 3. The summed E-state index contributed by atoms with van der Waals surface area (Å²) in [4.78, 5) is 2.80. The summed E-state index contributed by atoms with van der Waals surface area (Å²) in [5.74, 6) is 0. The van der Waals surface area contributed by atoms with E-state index >= 15 is 0 Å². The van der Waals surface area contributed by atoms with E-state index < -0.39 is 0 Å². The smallest absolute Gasteiger partial charge is 0.0471 e. The van der Waals surface area contributed by atoms with Crippen molar-refractivity contribution in [3.8, 4) is 0 Å². The van der Waals surface area contributed by atoms with Crippen molar-refractivity contribution in [2.45, 2.75) is 31.7 Å². The van der Waals surface area contributed by atoms with E-state index in [-0.39, 0.29) is 0 Å². The van der Waals surface area contributed by atoms with Gasteiger partial charge in [-0.25, -0.2) is 0 Å². The van der Waals surface area contributed by atoms with Gasteiger partial charge in [0, 0.05) is 37.3 Å². The second-order valence-corrected chi connectivity index (χ2v) is 4.64. The summed E-state index contributed by atoms with van der Waals surface area (Å²) in [6, 6.07) is 0.384. The fourth-order valence-electron chi connectivity index (χ4n) is 2.55. The van der Waals surface area contributed by atoms with E-state index in [4.69, 9.17) is 10.3 Å². The van der Waals surface area contributed by atoms with E-state index in [0.717, 1.165) is 26.2 Å². The van der Waals surface area contributed by atoms with E-state index in [1.807, 2.05) is 0 Å². The van der Waals surface area contributed by atoms with Crippen LogP contribution < -0.4 is 5.32 Å². The molecule has 5 heteroatoms. The maximum Gasteiger partial charge on any atom is 0.0471 e. The highest BCUT2D eigenvalue weighted by atomic mass is 16.5. The Kier molecular flexibility index (Phi) is 3.46. The Bertz CT molecular complexity index is 246. The molecule has 2 rings (SSSR count). The molecule has 0 aromatic heterocycles. The monoisotopic (exact) mass is 210 g/mol. The zero-order valence-corrected chi connectivity index (χ0v) is 8.98. The molecule has 2 fully saturated rings. The molecule has 0 aliphatic carbocycles. The molecule has 0 radical (unpaired) electrons. The van der Waals surface area contributed by atoms with Gasteiger partial charge in [0.15, 0.2) is 0 Å². The number of nitrogens with one attached hydrogen (secondary N) is 1. The molecule has 0 aromatic rings. The van der Waals surface area contributed by atoms with Gasteiger partial charge in [0.1, 0.15) is 0 Å². The molecule has 2 aliphatic heterocycles. The van der Waals surface area contributed by atoms with Gasteiger partial charge in [0.05, 0.1) is 0 Å². The second-order valence-electron chi connectivity index (χ2n) is 4.64. The molecular formula is C10H18N4O. The predicted octanol–water partition coefficient (Wildman–Crippen LogP) is 1.85. The van der Waals surface area contributed by atoms with Gasteiger partial charge >= 0.3 is 0 Å². The van der Waals surface area contributed by atoms with E-state index in [0.29, 0.717) is 18.0 Å². The topological polar surface area (TPSA) is 70.0 Å². The summed E-state index contributed by atoms with van der Waals surface area (Å²) >= 11 is 0. The Morgan fingerprint density at radius 3 is 2.80 bits per heavy atom. The first-order valence-corrected chi connectivity index (χ1v) is 5.67. The Morgan fingerprint density at radius 1 is 1.40 bits per heavy atom. The standard InChI is InChI=1S/C10H18N4O/c11-14-13-7-9-1-2-10(8-12-9)3-5-15-6-4-10/h9,12H,1-8H2. The third-order valence-corrected chi connectivity index (χ3v) is 3.71. The molecule has 0 saturated carbocycles. The fourth-order valence-corrected chi connectivity index (χ4v) is 2.55. The van der Waals surface area contributed by atoms with Gasteiger partial charge in [-0.3, -0.25) is 0 Å². The molecule has 0 aromatic carbocycles. The minimum atomic E-state index is 0.384. The van der Waals surface area contributed by atoms with Crippen molar-refractivity contribution in [3.05, 3.63) is 10.4 Å². The average Bonchev–Trinajstić information content (AvgIpc) is 2.30. The van der Waals surface area contributed by atoms with Crippen LogP contribution in [0.5, 0.6) is 0 Å². The Balaban J connectivity index is 1.82. The summed E-state index contributed by atoms with van der Waals surface area (Å²) in [6.45, 7) is 3.45. The van der Waals surface area contributed by atoms with Gasteiger partial charge in [0.25, 0.3) is 0 Å². The maximum atomic E-state index is 8.25. The minimum absolute atomic E-state index is 0.384. The number of nitrogens with zero attached hydrogens (tertiary/aromatic N) is 3. The lowest BCUT2D eigenvalue weighted by Gasteiger charge is -2.43. The van der Waals surface area contributed by atoms with E-state index in [1.165, 1.54) is 19.3 Å². The van der Waals surface area contributed by atoms with Crippen LogP contribution in [0.1, 0.15) is 25.7 Å². The largest absolute Gasteiger partial charge is 0.381 e. The minimum Gasteiger partial charge on any atom is -0.381 e. The Morgan fingerprint density at radius 2 is 2.20 bits per heavy atom. The molecule has 1 spiro atoms. The maximum absolute atomic E-state index is 8.25. The molecule has 0 bridgehead atoms. The Labute approximate surface area is 89.8 Å². The zero-order valence-electron chi connectivity index (χ0n) is 8.98. The van der Waals surface area contributed by atoms with Crippen molar-refractivity contribution in [2.24, 2.45) is 10.5 Å². The third kappa shape index (κ3) is 2.62. The van der Waals surface area contributed by atoms with Gasteiger partial charge < -0.3 is 10.1 Å². The van der Waals surface area contributed by atoms with Crippen LogP contribution in [0.2, 0.25) is 0 Å². The van der Waals surface area contributed by atoms with Crippen LogP contribution in [0, 0.1) is 5.41 Å². The summed E-state index contributed by atoms with van der Waals surface area (Å²) in [7, 11) is 0. The van der Waals surface area contributed by atoms with E-state index in [9.17, 15) is 0 Å². The van der Waals surface area contributed by atoms with E-state index in [1.54, 1.807) is 0 Å². The summed E-state index contributed by atoms with van der Waals surface area (Å²) in [5, 5.41) is 7.12. The number of rotatable bonds is 2. The highest BCUT2D eigenvalue weighted by Gasteiger charge is 2.36. The molecule has 15 heavy (non-hydrogen) atoms. The van der Waals surface area contributed by atoms with Crippen molar-refractivity contribution in [1.82, 2.24) is 5.32 Å². The molecule has 1 N–H and O–H groups in total. The highest BCUT2D eigenvalue weighted by Crippen LogP contribution is 2.37. The number of piperidine rings is 1. The second kappa shape index (κ2) is 4.84. The van der Waals surface area contributed by atoms with Crippen LogP contribution in [0.3, 0.4) is 0 Å². The van der Waals surface area contributed by atoms with Gasteiger partial charge in [0.2, 0.25) is 0 Å². The summed E-state index contributed by atoms with van der Waals surface area (Å²) < 4.78 is 5.39. The first-order chi connectivity index (χ1) is 7.35. The SMILES string of the molecule is [N-]=[N+]=NCC1CCC2(CCOCC2)CN1. The van der Waals surface area contributed by atoms with E-state index in [2.05, 4.69) is 15.3 Å². The van der Waals surface area contributed by atoms with Crippen molar-refractivity contribution in [3.63, 3.8) is 0 Å². The number of hydrogen-bond donors (Lipinski definition) is 1. The molecular weight excluding hydrogens is 192 g/mol.